The number of nitrogens with zero attached hydrogens (tertiary/aromatic N) is 1. The van der Waals surface area contributed by atoms with Crippen molar-refractivity contribution in [2.24, 2.45) is 0 Å². The average Bonchev–Trinajstić information content (AvgIpc) is 2.28. The van der Waals surface area contributed by atoms with Crippen LogP contribution in [0.25, 0.3) is 0 Å². The standard InChI is InChI=1S/C12H12N2O3/c1-8-13-11(15)7-12(14-8)17-10-5-3-9(16-2)4-6-10/h3-7H,1-2H3,(H,13,14,15). The van der Waals surface area contributed by atoms with Gasteiger partial charge in [0.1, 0.15) is 17.3 Å². The molecule has 1 aromatic heterocycles. The lowest BCUT2D eigenvalue weighted by Crippen LogP contribution is -2.08. The minimum absolute atomic E-state index is 0.235. The van der Waals surface area contributed by atoms with Crippen LogP contribution in [0.3, 0.4) is 0 Å². The molecule has 88 valence electrons. The smallest absolute Gasteiger partial charge is 0.254 e. The number of aromatic amines is 1. The molecule has 5 heteroatoms. The first-order chi connectivity index (χ1) is 8.17. The van der Waals surface area contributed by atoms with Crippen LogP contribution in [0.5, 0.6) is 17.4 Å². The van der Waals surface area contributed by atoms with E-state index >= 15 is 0 Å². The summed E-state index contributed by atoms with van der Waals surface area (Å²) >= 11 is 0. The van der Waals surface area contributed by atoms with Crippen LogP contribution in [0.1, 0.15) is 5.82 Å². The lowest BCUT2D eigenvalue weighted by Gasteiger charge is -2.05. The molecule has 1 aromatic carbocycles. The fourth-order valence-corrected chi connectivity index (χ4v) is 1.37. The maximum absolute atomic E-state index is 11.2. The summed E-state index contributed by atoms with van der Waals surface area (Å²) in [6.45, 7) is 1.70. The summed E-state index contributed by atoms with van der Waals surface area (Å²) in [6.07, 6.45) is 0. The zero-order chi connectivity index (χ0) is 12.3. The molecule has 2 aromatic rings. The maximum Gasteiger partial charge on any atom is 0.254 e. The van der Waals surface area contributed by atoms with E-state index in [0.717, 1.165) is 5.75 Å². The fourth-order valence-electron chi connectivity index (χ4n) is 1.37. The Hall–Kier alpha value is -2.30. The van der Waals surface area contributed by atoms with Crippen molar-refractivity contribution >= 4 is 0 Å². The highest BCUT2D eigenvalue weighted by Crippen LogP contribution is 2.21. The SMILES string of the molecule is COc1ccc(Oc2cc(=O)[nH]c(C)n2)cc1. The Kier molecular flexibility index (Phi) is 3.09. The van der Waals surface area contributed by atoms with Crippen LogP contribution in [-0.2, 0) is 0 Å². The second kappa shape index (κ2) is 4.69. The van der Waals surface area contributed by atoms with Gasteiger partial charge in [-0.3, -0.25) is 4.79 Å². The second-order valence-corrected chi connectivity index (χ2v) is 3.45. The van der Waals surface area contributed by atoms with Crippen LogP contribution in [-0.4, -0.2) is 17.1 Å². The number of hydrogen-bond donors (Lipinski definition) is 1. The molecule has 0 aliphatic heterocycles. The number of methoxy groups -OCH3 is 1. The number of rotatable bonds is 3. The van der Waals surface area contributed by atoms with Crippen molar-refractivity contribution in [1.29, 1.82) is 0 Å². The van der Waals surface area contributed by atoms with Gasteiger partial charge in [0, 0.05) is 0 Å². The summed E-state index contributed by atoms with van der Waals surface area (Å²) in [5, 5.41) is 0. The van der Waals surface area contributed by atoms with Crippen molar-refractivity contribution in [3.05, 3.63) is 46.5 Å². The zero-order valence-electron chi connectivity index (χ0n) is 9.56. The van der Waals surface area contributed by atoms with Crippen LogP contribution in [0.2, 0.25) is 0 Å². The van der Waals surface area contributed by atoms with E-state index < -0.39 is 0 Å². The summed E-state index contributed by atoms with van der Waals surface area (Å²) in [7, 11) is 1.59. The van der Waals surface area contributed by atoms with Crippen LogP contribution < -0.4 is 15.0 Å². The third kappa shape index (κ3) is 2.84. The first kappa shape index (κ1) is 11.2. The lowest BCUT2D eigenvalue weighted by atomic mass is 10.3. The fraction of sp³-hybridized carbons (Fsp3) is 0.167. The topological polar surface area (TPSA) is 64.2 Å². The van der Waals surface area contributed by atoms with Crippen molar-refractivity contribution in [1.82, 2.24) is 9.97 Å². The molecule has 1 heterocycles. The van der Waals surface area contributed by atoms with Crippen LogP contribution >= 0.6 is 0 Å². The third-order valence-electron chi connectivity index (χ3n) is 2.12. The molecule has 0 atom stereocenters. The predicted octanol–water partition coefficient (Wildman–Crippen LogP) is 1.88. The Morgan fingerprint density at radius 1 is 1.18 bits per heavy atom. The molecule has 0 unspecified atom stereocenters. The quantitative estimate of drug-likeness (QED) is 0.877. The second-order valence-electron chi connectivity index (χ2n) is 3.45. The number of benzene rings is 1. The lowest BCUT2D eigenvalue weighted by molar-refractivity contribution is 0.412. The van der Waals surface area contributed by atoms with Gasteiger partial charge >= 0.3 is 0 Å². The van der Waals surface area contributed by atoms with Gasteiger partial charge in [-0.25, -0.2) is 4.98 Å². The van der Waals surface area contributed by atoms with Gasteiger partial charge < -0.3 is 14.5 Å². The molecule has 2 rings (SSSR count). The van der Waals surface area contributed by atoms with Crippen LogP contribution in [0.4, 0.5) is 0 Å². The summed E-state index contributed by atoms with van der Waals surface area (Å²) in [6, 6.07) is 8.34. The molecule has 0 amide bonds. The van der Waals surface area contributed by atoms with E-state index in [2.05, 4.69) is 9.97 Å². The molecule has 0 saturated heterocycles. The minimum atomic E-state index is -0.235. The van der Waals surface area contributed by atoms with Gasteiger partial charge in [-0.2, -0.15) is 0 Å². The Morgan fingerprint density at radius 3 is 2.41 bits per heavy atom. The van der Waals surface area contributed by atoms with E-state index in [9.17, 15) is 4.79 Å². The molecule has 0 bridgehead atoms. The molecule has 17 heavy (non-hydrogen) atoms. The van der Waals surface area contributed by atoms with E-state index in [4.69, 9.17) is 9.47 Å². The molecule has 0 aliphatic rings. The number of nitrogens with one attached hydrogen (secondary N) is 1. The average molecular weight is 232 g/mol. The number of aryl methyl sites for hydroxylation is 1. The number of aromatic nitrogens is 2. The molecular formula is C12H12N2O3. The van der Waals surface area contributed by atoms with Gasteiger partial charge in [0.25, 0.3) is 5.56 Å². The first-order valence-corrected chi connectivity index (χ1v) is 5.07. The highest BCUT2D eigenvalue weighted by atomic mass is 16.5. The number of hydrogen-bond acceptors (Lipinski definition) is 4. The highest BCUT2D eigenvalue weighted by molar-refractivity contribution is 5.33. The molecule has 0 fully saturated rings. The predicted molar refractivity (Wildman–Crippen MR) is 62.7 cm³/mol. The van der Waals surface area contributed by atoms with E-state index in [0.29, 0.717) is 11.6 Å². The van der Waals surface area contributed by atoms with Gasteiger partial charge in [0.15, 0.2) is 0 Å². The summed E-state index contributed by atoms with van der Waals surface area (Å²) in [5.41, 5.74) is -0.235. The Labute approximate surface area is 98.0 Å². The third-order valence-corrected chi connectivity index (χ3v) is 2.12. The van der Waals surface area contributed by atoms with Gasteiger partial charge in [0.2, 0.25) is 5.88 Å². The van der Waals surface area contributed by atoms with Crippen molar-refractivity contribution in [3.8, 4) is 17.4 Å². The molecule has 0 saturated carbocycles. The van der Waals surface area contributed by atoms with E-state index in [1.54, 1.807) is 38.3 Å². The molecule has 0 spiro atoms. The monoisotopic (exact) mass is 232 g/mol. The first-order valence-electron chi connectivity index (χ1n) is 5.07. The van der Waals surface area contributed by atoms with Gasteiger partial charge in [-0.1, -0.05) is 0 Å². The van der Waals surface area contributed by atoms with E-state index in [-0.39, 0.29) is 11.4 Å². The number of H-pyrrole nitrogens is 1. The van der Waals surface area contributed by atoms with Crippen molar-refractivity contribution in [2.45, 2.75) is 6.92 Å². The highest BCUT2D eigenvalue weighted by Gasteiger charge is 2.01. The minimum Gasteiger partial charge on any atom is -0.497 e. The molecule has 0 aliphatic carbocycles. The number of ether oxygens (including phenoxy) is 2. The normalized spacial score (nSPS) is 10.0. The largest absolute Gasteiger partial charge is 0.497 e. The Bertz CT molecular complexity index is 561. The van der Waals surface area contributed by atoms with Crippen molar-refractivity contribution < 1.29 is 9.47 Å². The summed E-state index contributed by atoms with van der Waals surface area (Å²) in [5.74, 6) is 2.13. The molecule has 5 nitrogen and oxygen atoms in total. The Balaban J connectivity index is 2.22. The van der Waals surface area contributed by atoms with Crippen LogP contribution in [0.15, 0.2) is 35.1 Å². The van der Waals surface area contributed by atoms with E-state index in [1.165, 1.54) is 6.07 Å². The van der Waals surface area contributed by atoms with Crippen molar-refractivity contribution in [3.63, 3.8) is 0 Å². The van der Waals surface area contributed by atoms with Gasteiger partial charge in [-0.15, -0.1) is 0 Å². The molecule has 1 N–H and O–H groups in total. The summed E-state index contributed by atoms with van der Waals surface area (Å²) in [4.78, 5) is 17.8. The van der Waals surface area contributed by atoms with E-state index in [1.807, 2.05) is 0 Å². The maximum atomic E-state index is 11.2. The zero-order valence-corrected chi connectivity index (χ0v) is 9.56. The molecular weight excluding hydrogens is 220 g/mol. The van der Waals surface area contributed by atoms with Gasteiger partial charge in [0.05, 0.1) is 13.2 Å². The molecule has 0 radical (unpaired) electrons. The van der Waals surface area contributed by atoms with Crippen molar-refractivity contribution in [2.75, 3.05) is 7.11 Å². The van der Waals surface area contributed by atoms with Crippen LogP contribution in [0, 0.1) is 6.92 Å². The van der Waals surface area contributed by atoms with Gasteiger partial charge in [-0.05, 0) is 31.2 Å². The summed E-state index contributed by atoms with van der Waals surface area (Å²) < 4.78 is 10.5. The Morgan fingerprint density at radius 2 is 1.82 bits per heavy atom.